The Morgan fingerprint density at radius 2 is 1.33 bits per heavy atom. The van der Waals surface area contributed by atoms with Gasteiger partial charge in [0.05, 0.1) is 5.03 Å². The quantitative estimate of drug-likeness (QED) is 0.519. The zero-order valence-corrected chi connectivity index (χ0v) is 17.0. The molecule has 1 nitrogen and oxygen atoms in total. The summed E-state index contributed by atoms with van der Waals surface area (Å²) in [7, 11) is -0.450. The summed E-state index contributed by atoms with van der Waals surface area (Å²) in [6, 6.07) is 3.85. The van der Waals surface area contributed by atoms with Gasteiger partial charge in [0, 0.05) is 22.7 Å². The highest BCUT2D eigenvalue weighted by Crippen LogP contribution is 2.73. The van der Waals surface area contributed by atoms with Crippen molar-refractivity contribution in [3.05, 3.63) is 18.3 Å². The van der Waals surface area contributed by atoms with E-state index < -0.39 is 10.4 Å². The van der Waals surface area contributed by atoms with Crippen LogP contribution in [-0.4, -0.2) is 14.1 Å². The number of rotatable bonds is 1. The molecular formula is C18H38FNS. The summed E-state index contributed by atoms with van der Waals surface area (Å²) in [6.45, 7) is 20.3. The SMILES string of the molecule is CC.CCC.Cn1cccc1S(F)(C(C)(C)C)C(C)(C)C. The van der Waals surface area contributed by atoms with E-state index in [1.54, 1.807) is 0 Å². The van der Waals surface area contributed by atoms with Crippen molar-refractivity contribution in [3.63, 3.8) is 0 Å². The van der Waals surface area contributed by atoms with Crippen molar-refractivity contribution in [1.29, 1.82) is 0 Å². The van der Waals surface area contributed by atoms with Gasteiger partial charge in [-0.05, 0) is 64.1 Å². The van der Waals surface area contributed by atoms with E-state index in [2.05, 4.69) is 13.8 Å². The lowest BCUT2D eigenvalue weighted by molar-refractivity contribution is 0.621. The van der Waals surface area contributed by atoms with Gasteiger partial charge < -0.3 is 4.57 Å². The van der Waals surface area contributed by atoms with E-state index in [9.17, 15) is 0 Å². The third-order valence-corrected chi connectivity index (χ3v) is 7.25. The van der Waals surface area contributed by atoms with E-state index in [4.69, 9.17) is 0 Å². The number of nitrogens with zero attached hydrogens (tertiary/aromatic N) is 1. The highest BCUT2D eigenvalue weighted by atomic mass is 32.3. The van der Waals surface area contributed by atoms with Crippen molar-refractivity contribution in [2.24, 2.45) is 7.05 Å². The number of aromatic nitrogens is 1. The van der Waals surface area contributed by atoms with Crippen LogP contribution in [0.1, 0.15) is 75.7 Å². The molecule has 0 fully saturated rings. The summed E-state index contributed by atoms with van der Waals surface area (Å²) in [5, 5.41) is 0.840. The fraction of sp³-hybridized carbons (Fsp3) is 0.778. The first kappa shape index (κ1) is 22.8. The first-order valence-electron chi connectivity index (χ1n) is 8.07. The van der Waals surface area contributed by atoms with Crippen LogP contribution in [-0.2, 0) is 7.05 Å². The van der Waals surface area contributed by atoms with E-state index >= 15 is 3.89 Å². The van der Waals surface area contributed by atoms with E-state index in [0.717, 1.165) is 5.03 Å². The molecule has 21 heavy (non-hydrogen) atoms. The molecular weight excluding hydrogens is 281 g/mol. The predicted molar refractivity (Wildman–Crippen MR) is 99.2 cm³/mol. The van der Waals surface area contributed by atoms with E-state index in [-0.39, 0.29) is 9.49 Å². The van der Waals surface area contributed by atoms with Crippen molar-refractivity contribution in [2.75, 3.05) is 0 Å². The first-order valence-corrected chi connectivity index (χ1v) is 9.60. The summed E-state index contributed by atoms with van der Waals surface area (Å²) in [4.78, 5) is 0. The lowest BCUT2D eigenvalue weighted by Gasteiger charge is -2.51. The minimum absolute atomic E-state index is 0.350. The largest absolute Gasteiger partial charge is 0.345 e. The van der Waals surface area contributed by atoms with E-state index in [1.165, 1.54) is 6.42 Å². The average molecular weight is 320 g/mol. The monoisotopic (exact) mass is 319 g/mol. The van der Waals surface area contributed by atoms with Gasteiger partial charge >= 0.3 is 0 Å². The Balaban J connectivity index is 0. The predicted octanol–water partition coefficient (Wildman–Crippen LogP) is 7.11. The summed E-state index contributed by atoms with van der Waals surface area (Å²) in [5.74, 6) is 0. The fourth-order valence-corrected chi connectivity index (χ4v) is 6.10. The van der Waals surface area contributed by atoms with E-state index in [0.29, 0.717) is 0 Å². The van der Waals surface area contributed by atoms with Gasteiger partial charge in [0.25, 0.3) is 0 Å². The van der Waals surface area contributed by atoms with Gasteiger partial charge in [-0.1, -0.05) is 34.1 Å². The van der Waals surface area contributed by atoms with Gasteiger partial charge in [-0.3, -0.25) is 0 Å². The molecule has 3 heteroatoms. The molecule has 0 aliphatic rings. The highest BCUT2D eigenvalue weighted by molar-refractivity contribution is 8.31. The summed E-state index contributed by atoms with van der Waals surface area (Å²) in [6.07, 6.45) is 3.17. The molecule has 0 aliphatic heterocycles. The molecule has 0 amide bonds. The fourth-order valence-electron chi connectivity index (χ4n) is 2.28. The van der Waals surface area contributed by atoms with Crippen LogP contribution in [0.2, 0.25) is 0 Å². The maximum Gasteiger partial charge on any atom is 0.0854 e. The number of hydrogen-bond donors (Lipinski definition) is 0. The highest BCUT2D eigenvalue weighted by Gasteiger charge is 2.49. The van der Waals surface area contributed by atoms with Gasteiger partial charge in [-0.2, -0.15) is 3.89 Å². The molecule has 0 saturated heterocycles. The molecule has 0 aromatic carbocycles. The molecule has 0 saturated carbocycles. The second kappa shape index (κ2) is 8.87. The van der Waals surface area contributed by atoms with Gasteiger partial charge in [0.1, 0.15) is 0 Å². The summed E-state index contributed by atoms with van der Waals surface area (Å²) < 4.78 is 16.9. The van der Waals surface area contributed by atoms with Crippen LogP contribution in [0, 0.1) is 0 Å². The summed E-state index contributed by atoms with van der Waals surface area (Å²) in [5.41, 5.74) is 0. The van der Waals surface area contributed by atoms with Crippen molar-refractivity contribution >= 4 is 10.4 Å². The smallest absolute Gasteiger partial charge is 0.0854 e. The molecule has 1 heterocycles. The van der Waals surface area contributed by atoms with Crippen molar-refractivity contribution < 1.29 is 3.89 Å². The molecule has 0 atom stereocenters. The minimum atomic E-state index is -2.37. The van der Waals surface area contributed by atoms with Crippen LogP contribution < -0.4 is 0 Å². The normalized spacial score (nSPS) is 12.8. The van der Waals surface area contributed by atoms with Gasteiger partial charge in [-0.25, -0.2) is 0 Å². The molecule has 0 spiro atoms. The Labute approximate surface area is 134 Å². The second-order valence-corrected chi connectivity index (χ2v) is 10.9. The minimum Gasteiger partial charge on any atom is -0.345 e. The maximum absolute atomic E-state index is 15.7. The first-order chi connectivity index (χ1) is 9.43. The third kappa shape index (κ3) is 5.36. The van der Waals surface area contributed by atoms with Crippen LogP contribution in [0.4, 0.5) is 3.89 Å². The molecule has 1 aromatic rings. The number of halogens is 1. The van der Waals surface area contributed by atoms with Crippen LogP contribution in [0.15, 0.2) is 23.4 Å². The molecule has 1 rings (SSSR count). The molecule has 0 N–H and O–H groups in total. The molecule has 128 valence electrons. The van der Waals surface area contributed by atoms with Gasteiger partial charge in [0.2, 0.25) is 0 Å². The van der Waals surface area contributed by atoms with E-state index in [1.807, 2.05) is 85.3 Å². The van der Waals surface area contributed by atoms with Crippen molar-refractivity contribution in [1.82, 2.24) is 4.57 Å². The Bertz CT molecular complexity index is 369. The molecule has 0 unspecified atom stereocenters. The third-order valence-electron chi connectivity index (χ3n) is 2.87. The van der Waals surface area contributed by atoms with Gasteiger partial charge in [-0.15, -0.1) is 0 Å². The molecule has 0 aliphatic carbocycles. The molecule has 0 radical (unpaired) electrons. The zero-order valence-electron chi connectivity index (χ0n) is 16.2. The Morgan fingerprint density at radius 3 is 1.52 bits per heavy atom. The Morgan fingerprint density at radius 1 is 1.00 bits per heavy atom. The molecule has 0 bridgehead atoms. The Kier molecular flexibility index (Phi) is 9.65. The number of aryl methyl sites for hydroxylation is 1. The molecule has 1 aromatic heterocycles. The van der Waals surface area contributed by atoms with Gasteiger partial charge in [0.15, 0.2) is 0 Å². The average Bonchev–Trinajstić information content (AvgIpc) is 2.75. The van der Waals surface area contributed by atoms with Crippen molar-refractivity contribution in [3.8, 4) is 0 Å². The topological polar surface area (TPSA) is 4.93 Å². The standard InChI is InChI=1S/C13H24FNS.C3H8.C2H6/c1-12(2,3)16(14,13(4,5)6)11-9-8-10-15(11)7;1-3-2;1-2/h8-10H,1-7H3;3H2,1-2H3;1-2H3. The summed E-state index contributed by atoms with van der Waals surface area (Å²) >= 11 is 0. The zero-order chi connectivity index (χ0) is 17.5. The van der Waals surface area contributed by atoms with Crippen LogP contribution in [0.5, 0.6) is 0 Å². The second-order valence-electron chi connectivity index (χ2n) is 6.93. The van der Waals surface area contributed by atoms with Crippen LogP contribution in [0.25, 0.3) is 0 Å². The van der Waals surface area contributed by atoms with Crippen LogP contribution >= 0.6 is 10.4 Å². The number of hydrogen-bond acceptors (Lipinski definition) is 0. The van der Waals surface area contributed by atoms with Crippen LogP contribution in [0.3, 0.4) is 0 Å². The van der Waals surface area contributed by atoms with Crippen molar-refractivity contribution in [2.45, 2.75) is 90.2 Å². The maximum atomic E-state index is 15.7. The lowest BCUT2D eigenvalue weighted by atomic mass is 10.2. The lowest BCUT2D eigenvalue weighted by Crippen LogP contribution is -2.36. The Hall–Kier alpha value is -0.440.